The van der Waals surface area contributed by atoms with E-state index in [-0.39, 0.29) is 0 Å². The van der Waals surface area contributed by atoms with Crippen molar-refractivity contribution < 1.29 is 4.74 Å². The minimum Gasteiger partial charge on any atom is -0.496 e. The number of benzene rings is 2. The molecule has 2 aromatic carbocycles. The third-order valence-electron chi connectivity index (χ3n) is 3.93. The second-order valence-electron chi connectivity index (χ2n) is 5.63. The third-order valence-corrected chi connectivity index (χ3v) is 5.07. The molecule has 0 fully saturated rings. The Morgan fingerprint density at radius 3 is 2.68 bits per heavy atom. The van der Waals surface area contributed by atoms with Gasteiger partial charge >= 0.3 is 0 Å². The van der Waals surface area contributed by atoms with Crippen LogP contribution >= 0.6 is 11.8 Å². The van der Waals surface area contributed by atoms with Gasteiger partial charge < -0.3 is 4.74 Å². The fourth-order valence-electron chi connectivity index (χ4n) is 2.76. The highest BCUT2D eigenvalue weighted by molar-refractivity contribution is 7.99. The van der Waals surface area contributed by atoms with Crippen LogP contribution in [0.3, 0.4) is 0 Å². The Labute approximate surface area is 150 Å². The summed E-state index contributed by atoms with van der Waals surface area (Å²) in [4.78, 5) is 9.59. The Bertz CT molecular complexity index is 1040. The van der Waals surface area contributed by atoms with E-state index in [0.29, 0.717) is 5.82 Å². The highest BCUT2D eigenvalue weighted by Gasteiger charge is 2.16. The molecular formula is C19H18N4OS. The van der Waals surface area contributed by atoms with Crippen molar-refractivity contribution in [3.05, 3.63) is 48.5 Å². The monoisotopic (exact) mass is 350 g/mol. The molecule has 2 aromatic heterocycles. The van der Waals surface area contributed by atoms with Gasteiger partial charge in [0, 0.05) is 11.1 Å². The molecule has 0 spiro atoms. The van der Waals surface area contributed by atoms with Crippen molar-refractivity contribution in [1.82, 2.24) is 19.6 Å². The summed E-state index contributed by atoms with van der Waals surface area (Å²) < 4.78 is 7.32. The summed E-state index contributed by atoms with van der Waals surface area (Å²) in [5, 5.41) is 6.60. The molecule has 0 saturated carbocycles. The summed E-state index contributed by atoms with van der Waals surface area (Å²) >= 11 is 1.70. The minimum absolute atomic E-state index is 0.647. The lowest BCUT2D eigenvalue weighted by atomic mass is 10.2. The van der Waals surface area contributed by atoms with Gasteiger partial charge in [0.05, 0.1) is 18.2 Å². The average molecular weight is 350 g/mol. The fraction of sp³-hybridized carbons (Fsp3) is 0.211. The molecule has 0 aliphatic rings. The second-order valence-corrected chi connectivity index (χ2v) is 6.69. The largest absolute Gasteiger partial charge is 0.496 e. The zero-order valence-electron chi connectivity index (χ0n) is 14.1. The fourth-order valence-corrected chi connectivity index (χ4v) is 3.56. The number of para-hydroxylation sites is 2. The second kappa shape index (κ2) is 6.72. The van der Waals surface area contributed by atoms with Crippen LogP contribution in [0.1, 0.15) is 13.3 Å². The SMILES string of the molecule is CCCSc1nc2ccccc2c2nc(-c3ccccc3OC)nn12. The molecule has 6 heteroatoms. The first-order chi connectivity index (χ1) is 12.3. The molecule has 5 nitrogen and oxygen atoms in total. The Morgan fingerprint density at radius 2 is 1.84 bits per heavy atom. The maximum atomic E-state index is 5.47. The third kappa shape index (κ3) is 2.82. The van der Waals surface area contributed by atoms with E-state index >= 15 is 0 Å². The maximum absolute atomic E-state index is 5.47. The molecule has 2 heterocycles. The van der Waals surface area contributed by atoms with E-state index in [1.807, 2.05) is 53.0 Å². The highest BCUT2D eigenvalue weighted by atomic mass is 32.2. The van der Waals surface area contributed by atoms with Gasteiger partial charge in [-0.15, -0.1) is 5.10 Å². The average Bonchev–Trinajstić information content (AvgIpc) is 3.11. The number of thioether (sulfide) groups is 1. The first-order valence-electron chi connectivity index (χ1n) is 8.23. The molecule has 0 aliphatic heterocycles. The number of ether oxygens (including phenoxy) is 1. The van der Waals surface area contributed by atoms with Crippen molar-refractivity contribution in [3.63, 3.8) is 0 Å². The normalized spacial score (nSPS) is 11.3. The van der Waals surface area contributed by atoms with Crippen molar-refractivity contribution >= 4 is 28.3 Å². The quantitative estimate of drug-likeness (QED) is 0.393. The smallest absolute Gasteiger partial charge is 0.191 e. The molecule has 126 valence electrons. The van der Waals surface area contributed by atoms with E-state index in [4.69, 9.17) is 19.8 Å². The molecule has 0 unspecified atom stereocenters. The van der Waals surface area contributed by atoms with Gasteiger partial charge in [0.15, 0.2) is 16.6 Å². The molecular weight excluding hydrogens is 332 g/mol. The lowest BCUT2D eigenvalue weighted by molar-refractivity contribution is 0.416. The molecule has 4 rings (SSSR count). The molecule has 25 heavy (non-hydrogen) atoms. The molecule has 4 aromatic rings. The van der Waals surface area contributed by atoms with Crippen LogP contribution in [0.4, 0.5) is 0 Å². The number of fused-ring (bicyclic) bond motifs is 3. The molecule has 0 saturated heterocycles. The Morgan fingerprint density at radius 1 is 1.04 bits per heavy atom. The van der Waals surface area contributed by atoms with E-state index in [0.717, 1.165) is 45.2 Å². The van der Waals surface area contributed by atoms with Crippen molar-refractivity contribution in [3.8, 4) is 17.1 Å². The van der Waals surface area contributed by atoms with Gasteiger partial charge in [-0.05, 0) is 30.7 Å². The van der Waals surface area contributed by atoms with E-state index in [9.17, 15) is 0 Å². The maximum Gasteiger partial charge on any atom is 0.191 e. The Hall–Kier alpha value is -2.60. The van der Waals surface area contributed by atoms with Gasteiger partial charge in [0.1, 0.15) is 5.75 Å². The van der Waals surface area contributed by atoms with Gasteiger partial charge in [-0.25, -0.2) is 9.97 Å². The summed E-state index contributed by atoms with van der Waals surface area (Å²) in [6.45, 7) is 2.16. The predicted molar refractivity (Wildman–Crippen MR) is 101 cm³/mol. The van der Waals surface area contributed by atoms with Gasteiger partial charge in [-0.2, -0.15) is 4.52 Å². The van der Waals surface area contributed by atoms with Crippen LogP contribution in [0.5, 0.6) is 5.75 Å². The number of nitrogens with zero attached hydrogens (tertiary/aromatic N) is 4. The zero-order valence-corrected chi connectivity index (χ0v) is 15.0. The van der Waals surface area contributed by atoms with Crippen molar-refractivity contribution in [2.45, 2.75) is 18.5 Å². The summed E-state index contributed by atoms with van der Waals surface area (Å²) in [5.41, 5.74) is 2.64. The first-order valence-corrected chi connectivity index (χ1v) is 9.22. The summed E-state index contributed by atoms with van der Waals surface area (Å²) in [6.07, 6.45) is 1.08. The van der Waals surface area contributed by atoms with E-state index in [1.165, 1.54) is 0 Å². The van der Waals surface area contributed by atoms with Gasteiger partial charge in [0.25, 0.3) is 0 Å². The summed E-state index contributed by atoms with van der Waals surface area (Å²) in [7, 11) is 1.66. The molecule has 0 bridgehead atoms. The van der Waals surface area contributed by atoms with E-state index < -0.39 is 0 Å². The van der Waals surface area contributed by atoms with Crippen molar-refractivity contribution in [2.75, 3.05) is 12.9 Å². The van der Waals surface area contributed by atoms with Crippen LogP contribution in [0.2, 0.25) is 0 Å². The molecule has 0 radical (unpaired) electrons. The summed E-state index contributed by atoms with van der Waals surface area (Å²) in [5.74, 6) is 2.40. The predicted octanol–water partition coefficient (Wildman–Crippen LogP) is 4.46. The lowest BCUT2D eigenvalue weighted by Crippen LogP contribution is -1.98. The summed E-state index contributed by atoms with van der Waals surface area (Å²) in [6, 6.07) is 15.9. The Balaban J connectivity index is 1.98. The number of hydrogen-bond acceptors (Lipinski definition) is 5. The first kappa shape index (κ1) is 15.9. The van der Waals surface area contributed by atoms with Gasteiger partial charge in [0.2, 0.25) is 0 Å². The van der Waals surface area contributed by atoms with E-state index in [1.54, 1.807) is 18.9 Å². The van der Waals surface area contributed by atoms with Crippen LogP contribution in [0, 0.1) is 0 Å². The molecule has 0 N–H and O–H groups in total. The molecule has 0 amide bonds. The lowest BCUT2D eigenvalue weighted by Gasteiger charge is -2.05. The topological polar surface area (TPSA) is 52.3 Å². The van der Waals surface area contributed by atoms with Crippen molar-refractivity contribution in [2.24, 2.45) is 0 Å². The number of methoxy groups -OCH3 is 1. The van der Waals surface area contributed by atoms with Gasteiger partial charge in [-0.1, -0.05) is 43.0 Å². The number of aromatic nitrogens is 4. The van der Waals surface area contributed by atoms with Crippen LogP contribution in [-0.4, -0.2) is 32.4 Å². The molecule has 0 atom stereocenters. The van der Waals surface area contributed by atoms with Crippen LogP contribution in [-0.2, 0) is 0 Å². The van der Waals surface area contributed by atoms with Crippen molar-refractivity contribution in [1.29, 1.82) is 0 Å². The van der Waals surface area contributed by atoms with Crippen LogP contribution < -0.4 is 4.74 Å². The van der Waals surface area contributed by atoms with Crippen LogP contribution in [0.15, 0.2) is 53.7 Å². The van der Waals surface area contributed by atoms with Gasteiger partial charge in [-0.3, -0.25) is 0 Å². The highest BCUT2D eigenvalue weighted by Crippen LogP contribution is 2.30. The Kier molecular flexibility index (Phi) is 4.28. The van der Waals surface area contributed by atoms with E-state index in [2.05, 4.69) is 6.92 Å². The standard InChI is InChI=1S/C19H18N4OS/c1-3-12-25-19-20-15-10-6-4-8-13(15)18-21-17(22-23(18)19)14-9-5-7-11-16(14)24-2/h4-11H,3,12H2,1-2H3. The minimum atomic E-state index is 0.647. The number of hydrogen-bond donors (Lipinski definition) is 0. The number of rotatable bonds is 5. The van der Waals surface area contributed by atoms with Crippen LogP contribution in [0.25, 0.3) is 27.9 Å². The molecule has 0 aliphatic carbocycles. The zero-order chi connectivity index (χ0) is 17.2.